The molecule has 0 fully saturated rings. The van der Waals surface area contributed by atoms with Crippen molar-refractivity contribution in [2.24, 2.45) is 5.73 Å². The second kappa shape index (κ2) is 9.67. The van der Waals surface area contributed by atoms with Crippen LogP contribution in [0, 0.1) is 0 Å². The minimum Gasteiger partial charge on any atom is -0.423 e. The van der Waals surface area contributed by atoms with E-state index >= 15 is 0 Å². The highest BCUT2D eigenvalue weighted by Gasteiger charge is 2.19. The highest BCUT2D eigenvalue weighted by Crippen LogP contribution is 2.27. The van der Waals surface area contributed by atoms with E-state index in [1.54, 1.807) is 6.07 Å². The number of carbonyl (C=O) groups is 1. The lowest BCUT2D eigenvalue weighted by Crippen LogP contribution is -2.96. The van der Waals surface area contributed by atoms with Gasteiger partial charge in [-0.2, -0.15) is 0 Å². The monoisotopic (exact) mass is 457 g/mol. The maximum atomic E-state index is 13.1. The van der Waals surface area contributed by atoms with E-state index in [1.165, 1.54) is 0 Å². The number of rotatable bonds is 6. The summed E-state index contributed by atoms with van der Waals surface area (Å²) < 4.78 is 5.75. The number of nitrogens with two attached hydrogens (primary N) is 1. The topological polar surface area (TPSA) is 56.8 Å². The van der Waals surface area contributed by atoms with Crippen LogP contribution in [0.15, 0.2) is 128 Å². The average Bonchev–Trinajstić information content (AvgIpc) is 2.90. The Bertz CT molecular complexity index is 1450. The van der Waals surface area contributed by atoms with Crippen LogP contribution in [0.25, 0.3) is 16.5 Å². The number of quaternary nitrogens is 1. The van der Waals surface area contributed by atoms with Crippen molar-refractivity contribution < 1.29 is 14.4 Å². The van der Waals surface area contributed by atoms with Crippen molar-refractivity contribution >= 4 is 39.5 Å². The smallest absolute Gasteiger partial charge is 0.344 e. The number of hydrogen-bond donors (Lipinski definition) is 2. The quantitative estimate of drug-likeness (QED) is 0.237. The van der Waals surface area contributed by atoms with Crippen LogP contribution in [0.4, 0.5) is 17.1 Å². The van der Waals surface area contributed by atoms with E-state index in [0.29, 0.717) is 17.0 Å². The van der Waals surface area contributed by atoms with Crippen LogP contribution in [0.1, 0.15) is 15.9 Å². The molecule has 35 heavy (non-hydrogen) atoms. The molecule has 170 valence electrons. The summed E-state index contributed by atoms with van der Waals surface area (Å²) in [6.07, 6.45) is 0. The number of carbonyl (C=O) groups excluding carboxylic acids is 1. The number of hydrogen-bond acceptors (Lipinski definition) is 3. The van der Waals surface area contributed by atoms with E-state index in [2.05, 4.69) is 30.8 Å². The SMILES string of the molecule is C=C(N)c1ccc(C(=O)Oc2ccc([NH+](c3ccccc3)c3ccccc3)cc2)c2ccccc12. The fourth-order valence-corrected chi connectivity index (χ4v) is 4.32. The van der Waals surface area contributed by atoms with E-state index in [9.17, 15) is 4.79 Å². The second-order valence-corrected chi connectivity index (χ2v) is 8.25. The molecule has 0 radical (unpaired) electrons. The van der Waals surface area contributed by atoms with Gasteiger partial charge in [0.05, 0.1) is 5.56 Å². The summed E-state index contributed by atoms with van der Waals surface area (Å²) in [4.78, 5) is 14.2. The van der Waals surface area contributed by atoms with Gasteiger partial charge in [0.15, 0.2) is 0 Å². The zero-order valence-electron chi connectivity index (χ0n) is 19.1. The first-order valence-electron chi connectivity index (χ1n) is 11.4. The van der Waals surface area contributed by atoms with Gasteiger partial charge < -0.3 is 10.5 Å². The molecule has 0 aliphatic rings. The van der Waals surface area contributed by atoms with Crippen LogP contribution in [-0.2, 0) is 0 Å². The summed E-state index contributed by atoms with van der Waals surface area (Å²) in [6.45, 7) is 3.84. The molecule has 3 N–H and O–H groups in total. The van der Waals surface area contributed by atoms with Gasteiger partial charge in [-0.3, -0.25) is 0 Å². The van der Waals surface area contributed by atoms with Gasteiger partial charge in [0.25, 0.3) is 0 Å². The Labute approximate surface area is 204 Å². The van der Waals surface area contributed by atoms with E-state index in [-0.39, 0.29) is 0 Å². The van der Waals surface area contributed by atoms with Gasteiger partial charge in [-0.15, -0.1) is 0 Å². The van der Waals surface area contributed by atoms with E-state index in [1.807, 2.05) is 91.0 Å². The van der Waals surface area contributed by atoms with Gasteiger partial charge >= 0.3 is 5.97 Å². The molecule has 5 rings (SSSR count). The molecule has 4 heteroatoms. The van der Waals surface area contributed by atoms with Crippen LogP contribution in [-0.4, -0.2) is 5.97 Å². The summed E-state index contributed by atoms with van der Waals surface area (Å²) >= 11 is 0. The Kier molecular flexibility index (Phi) is 6.12. The van der Waals surface area contributed by atoms with Crippen LogP contribution < -0.4 is 15.4 Å². The first-order chi connectivity index (χ1) is 17.1. The molecule has 0 aliphatic heterocycles. The van der Waals surface area contributed by atoms with Crippen molar-refractivity contribution in [3.8, 4) is 5.75 Å². The number of fused-ring (bicyclic) bond motifs is 1. The molecule has 4 nitrogen and oxygen atoms in total. The van der Waals surface area contributed by atoms with Gasteiger partial charge in [0, 0.05) is 23.4 Å². The zero-order valence-corrected chi connectivity index (χ0v) is 19.1. The van der Waals surface area contributed by atoms with Crippen LogP contribution in [0.3, 0.4) is 0 Å². The summed E-state index contributed by atoms with van der Waals surface area (Å²) in [6, 6.07) is 39.3. The molecular formula is C31H25N2O2+. The maximum absolute atomic E-state index is 13.1. The third-order valence-corrected chi connectivity index (χ3v) is 5.97. The first kappa shape index (κ1) is 22.1. The molecule has 5 aromatic carbocycles. The standard InChI is InChI=1S/C31H24N2O2/c1-22(32)27-20-21-30(29-15-9-8-14-28(27)29)31(34)35-26-18-16-25(17-19-26)33(23-10-4-2-5-11-23)24-12-6-3-7-13-24/h2-21H,1,32H2/p+1. The normalized spacial score (nSPS) is 10.9. The van der Waals surface area contributed by atoms with E-state index in [0.717, 1.165) is 38.3 Å². The lowest BCUT2D eigenvalue weighted by molar-refractivity contribution is -0.681. The van der Waals surface area contributed by atoms with E-state index < -0.39 is 5.97 Å². The zero-order chi connectivity index (χ0) is 24.2. The number of para-hydroxylation sites is 2. The minimum atomic E-state index is -0.418. The lowest BCUT2D eigenvalue weighted by Gasteiger charge is -2.18. The summed E-state index contributed by atoms with van der Waals surface area (Å²) in [5.74, 6) is 0.0640. The van der Waals surface area contributed by atoms with Gasteiger partial charge in [0.1, 0.15) is 22.8 Å². The van der Waals surface area contributed by atoms with Gasteiger partial charge in [-0.25, -0.2) is 9.69 Å². The maximum Gasteiger partial charge on any atom is 0.344 e. The Hall–Kier alpha value is -4.67. The summed E-state index contributed by atoms with van der Waals surface area (Å²) in [5, 5.41) is 1.65. The third kappa shape index (κ3) is 4.56. The molecule has 0 bridgehead atoms. The van der Waals surface area contributed by atoms with Crippen molar-refractivity contribution in [2.45, 2.75) is 0 Å². The Morgan fingerprint density at radius 1 is 0.600 bits per heavy atom. The van der Waals surface area contributed by atoms with Crippen LogP contribution in [0.5, 0.6) is 5.75 Å². The molecule has 0 spiro atoms. The molecule has 5 aromatic rings. The fraction of sp³-hybridized carbons (Fsp3) is 0. The Morgan fingerprint density at radius 3 is 1.60 bits per heavy atom. The molecule has 0 aromatic heterocycles. The third-order valence-electron chi connectivity index (χ3n) is 5.97. The number of ether oxygens (including phenoxy) is 1. The van der Waals surface area contributed by atoms with E-state index in [4.69, 9.17) is 10.5 Å². The van der Waals surface area contributed by atoms with Crippen LogP contribution >= 0.6 is 0 Å². The number of benzene rings is 5. The van der Waals surface area contributed by atoms with Crippen molar-refractivity contribution in [3.05, 3.63) is 139 Å². The molecule has 0 saturated carbocycles. The molecule has 0 atom stereocenters. The predicted molar refractivity (Wildman–Crippen MR) is 141 cm³/mol. The number of esters is 1. The summed E-state index contributed by atoms with van der Waals surface area (Å²) in [5.41, 5.74) is 11.0. The molecule has 0 unspecified atom stereocenters. The second-order valence-electron chi connectivity index (χ2n) is 8.25. The first-order valence-corrected chi connectivity index (χ1v) is 11.4. The molecule has 0 aliphatic carbocycles. The molecule has 0 amide bonds. The van der Waals surface area contributed by atoms with Gasteiger partial charge in [-0.05, 0) is 53.2 Å². The van der Waals surface area contributed by atoms with Crippen LogP contribution in [0.2, 0.25) is 0 Å². The molecular weight excluding hydrogens is 432 g/mol. The van der Waals surface area contributed by atoms with Crippen molar-refractivity contribution in [1.82, 2.24) is 0 Å². The summed E-state index contributed by atoms with van der Waals surface area (Å²) in [7, 11) is 0. The number of nitrogens with one attached hydrogen (secondary N) is 1. The Morgan fingerprint density at radius 2 is 1.06 bits per heavy atom. The lowest BCUT2D eigenvalue weighted by atomic mass is 9.98. The largest absolute Gasteiger partial charge is 0.423 e. The molecule has 0 heterocycles. The fourth-order valence-electron chi connectivity index (χ4n) is 4.32. The van der Waals surface area contributed by atoms with Crippen molar-refractivity contribution in [1.29, 1.82) is 0 Å². The minimum absolute atomic E-state index is 0.418. The molecule has 0 saturated heterocycles. The predicted octanol–water partition coefficient (Wildman–Crippen LogP) is 6.17. The van der Waals surface area contributed by atoms with Gasteiger partial charge in [0.2, 0.25) is 0 Å². The Balaban J connectivity index is 1.44. The van der Waals surface area contributed by atoms with Crippen molar-refractivity contribution in [3.63, 3.8) is 0 Å². The highest BCUT2D eigenvalue weighted by atomic mass is 16.5. The average molecular weight is 458 g/mol. The van der Waals surface area contributed by atoms with Crippen molar-refractivity contribution in [2.75, 3.05) is 0 Å². The van der Waals surface area contributed by atoms with Gasteiger partial charge in [-0.1, -0.05) is 73.3 Å². The highest BCUT2D eigenvalue weighted by molar-refractivity contribution is 6.08.